The smallest absolute Gasteiger partial charge is 0.245 e. The number of pyridine rings is 1. The highest BCUT2D eigenvalue weighted by Gasteiger charge is 2.29. The summed E-state index contributed by atoms with van der Waals surface area (Å²) in [7, 11) is -4.00. The van der Waals surface area contributed by atoms with E-state index in [0.717, 1.165) is 23.2 Å². The first-order chi connectivity index (χ1) is 18.0. The second-order valence-corrected chi connectivity index (χ2v) is 12.5. The van der Waals surface area contributed by atoms with Gasteiger partial charge >= 0.3 is 0 Å². The van der Waals surface area contributed by atoms with Crippen molar-refractivity contribution in [2.45, 2.75) is 50.8 Å². The third-order valence-electron chi connectivity index (χ3n) is 6.11. The molecule has 0 radical (unpaired) electrons. The molecule has 10 heteroatoms. The Hall–Kier alpha value is -3.27. The summed E-state index contributed by atoms with van der Waals surface area (Å²) in [5.74, 6) is -0.0182. The Balaban J connectivity index is 1.66. The van der Waals surface area contributed by atoms with Crippen molar-refractivity contribution >= 4 is 44.3 Å². The van der Waals surface area contributed by atoms with Crippen molar-refractivity contribution in [3.8, 4) is 5.69 Å². The van der Waals surface area contributed by atoms with Gasteiger partial charge < -0.3 is 5.32 Å². The minimum absolute atomic E-state index is 0.0840. The van der Waals surface area contributed by atoms with E-state index in [4.69, 9.17) is 16.7 Å². The molecule has 4 aromatic rings. The number of hydrogen-bond donors (Lipinski definition) is 1. The SMILES string of the molecule is CCCCN(CC(=O)Nc1cc(C(C)(C)C)nn1-c1ccc(Cl)cc1)S(=O)(=O)c1cccc2cccnc12. The maximum atomic E-state index is 13.8. The number of nitrogens with one attached hydrogen (secondary N) is 1. The lowest BCUT2D eigenvalue weighted by Crippen LogP contribution is -2.39. The average molecular weight is 554 g/mol. The Bertz CT molecular complexity index is 1540. The van der Waals surface area contributed by atoms with Crippen LogP contribution in [0.4, 0.5) is 5.82 Å². The molecule has 200 valence electrons. The van der Waals surface area contributed by atoms with Crippen LogP contribution in [-0.4, -0.2) is 46.5 Å². The predicted octanol–water partition coefficient (Wildman–Crippen LogP) is 5.80. The van der Waals surface area contributed by atoms with E-state index in [1.807, 2.05) is 58.0 Å². The fraction of sp³-hybridized carbons (Fsp3) is 0.321. The van der Waals surface area contributed by atoms with E-state index in [0.29, 0.717) is 22.8 Å². The third kappa shape index (κ3) is 6.06. The normalized spacial score (nSPS) is 12.3. The summed E-state index contributed by atoms with van der Waals surface area (Å²) in [5, 5.41) is 8.91. The number of benzene rings is 2. The molecule has 1 amide bonds. The lowest BCUT2D eigenvalue weighted by Gasteiger charge is -2.22. The molecule has 0 aliphatic heterocycles. The van der Waals surface area contributed by atoms with Gasteiger partial charge in [0.1, 0.15) is 10.7 Å². The molecular formula is C28H32ClN5O3S. The van der Waals surface area contributed by atoms with Gasteiger partial charge in [0.05, 0.1) is 23.4 Å². The molecule has 0 saturated heterocycles. The van der Waals surface area contributed by atoms with Gasteiger partial charge in [-0.2, -0.15) is 9.40 Å². The number of amides is 1. The van der Waals surface area contributed by atoms with Gasteiger partial charge in [-0.3, -0.25) is 9.78 Å². The number of halogens is 1. The second-order valence-electron chi connectivity index (χ2n) is 10.1. The second kappa shape index (κ2) is 11.2. The molecule has 8 nitrogen and oxygen atoms in total. The number of nitrogens with zero attached hydrogens (tertiary/aromatic N) is 4. The van der Waals surface area contributed by atoms with E-state index in [-0.39, 0.29) is 23.4 Å². The molecule has 0 saturated carbocycles. The number of hydrogen-bond acceptors (Lipinski definition) is 5. The number of fused-ring (bicyclic) bond motifs is 1. The lowest BCUT2D eigenvalue weighted by molar-refractivity contribution is -0.116. The van der Waals surface area contributed by atoms with Crippen LogP contribution in [0.2, 0.25) is 5.02 Å². The first-order valence-electron chi connectivity index (χ1n) is 12.5. The monoisotopic (exact) mass is 553 g/mol. The van der Waals surface area contributed by atoms with Crippen LogP contribution in [0.3, 0.4) is 0 Å². The largest absolute Gasteiger partial charge is 0.309 e. The van der Waals surface area contributed by atoms with E-state index in [1.54, 1.807) is 35.1 Å². The van der Waals surface area contributed by atoms with Gasteiger partial charge in [0.2, 0.25) is 15.9 Å². The van der Waals surface area contributed by atoms with Crippen molar-refractivity contribution in [2.75, 3.05) is 18.4 Å². The summed E-state index contributed by atoms with van der Waals surface area (Å²) in [6.07, 6.45) is 2.95. The van der Waals surface area contributed by atoms with Crippen LogP contribution in [0.15, 0.2) is 71.8 Å². The fourth-order valence-electron chi connectivity index (χ4n) is 4.00. The summed E-state index contributed by atoms with van der Waals surface area (Å²) >= 11 is 6.06. The quantitative estimate of drug-likeness (QED) is 0.282. The zero-order chi connectivity index (χ0) is 27.5. The fourth-order valence-corrected chi connectivity index (χ4v) is 5.73. The van der Waals surface area contributed by atoms with E-state index in [1.165, 1.54) is 10.4 Å². The van der Waals surface area contributed by atoms with Crippen molar-refractivity contribution in [3.05, 3.63) is 77.6 Å². The Kier molecular flexibility index (Phi) is 8.20. The minimum atomic E-state index is -4.00. The van der Waals surface area contributed by atoms with Crippen LogP contribution < -0.4 is 5.32 Å². The molecular weight excluding hydrogens is 522 g/mol. The minimum Gasteiger partial charge on any atom is -0.309 e. The number of para-hydroxylation sites is 1. The Morgan fingerprint density at radius 2 is 1.79 bits per heavy atom. The van der Waals surface area contributed by atoms with Gasteiger partial charge in [-0.1, -0.05) is 63.9 Å². The average Bonchev–Trinajstić information content (AvgIpc) is 3.30. The molecule has 0 unspecified atom stereocenters. The van der Waals surface area contributed by atoms with E-state index in [2.05, 4.69) is 10.3 Å². The molecule has 4 rings (SSSR count). The van der Waals surface area contributed by atoms with Gasteiger partial charge in [0, 0.05) is 34.6 Å². The molecule has 0 aliphatic carbocycles. The van der Waals surface area contributed by atoms with Gasteiger partial charge in [-0.15, -0.1) is 0 Å². The zero-order valence-electron chi connectivity index (χ0n) is 22.0. The van der Waals surface area contributed by atoms with Crippen LogP contribution in [-0.2, 0) is 20.2 Å². The lowest BCUT2D eigenvalue weighted by atomic mass is 9.92. The zero-order valence-corrected chi connectivity index (χ0v) is 23.6. The molecule has 2 aromatic heterocycles. The molecule has 0 aliphatic rings. The number of anilines is 1. The molecule has 0 spiro atoms. The van der Waals surface area contributed by atoms with Crippen LogP contribution in [0, 0.1) is 0 Å². The van der Waals surface area contributed by atoms with Gasteiger partial charge in [-0.25, -0.2) is 13.1 Å². The van der Waals surface area contributed by atoms with Crippen LogP contribution in [0.5, 0.6) is 0 Å². The van der Waals surface area contributed by atoms with Crippen LogP contribution in [0.1, 0.15) is 46.2 Å². The molecule has 2 aromatic carbocycles. The number of carbonyl (C=O) groups excluding carboxylic acids is 1. The number of rotatable bonds is 9. The third-order valence-corrected chi connectivity index (χ3v) is 8.24. The molecule has 38 heavy (non-hydrogen) atoms. The Labute approximate surface area is 228 Å². The van der Waals surface area contributed by atoms with Crippen molar-refractivity contribution < 1.29 is 13.2 Å². The summed E-state index contributed by atoms with van der Waals surface area (Å²) in [5.41, 5.74) is 1.61. The highest BCUT2D eigenvalue weighted by atomic mass is 35.5. The summed E-state index contributed by atoms with van der Waals surface area (Å²) in [4.78, 5) is 17.7. The van der Waals surface area contributed by atoms with Crippen molar-refractivity contribution in [3.63, 3.8) is 0 Å². The molecule has 0 fully saturated rings. The maximum Gasteiger partial charge on any atom is 0.245 e. The topological polar surface area (TPSA) is 97.2 Å². The maximum absolute atomic E-state index is 13.8. The summed E-state index contributed by atoms with van der Waals surface area (Å²) < 4.78 is 30.4. The van der Waals surface area contributed by atoms with E-state index in [9.17, 15) is 13.2 Å². The number of sulfonamides is 1. The van der Waals surface area contributed by atoms with E-state index < -0.39 is 15.9 Å². The van der Waals surface area contributed by atoms with Crippen molar-refractivity contribution in [2.24, 2.45) is 0 Å². The Morgan fingerprint density at radius 1 is 1.08 bits per heavy atom. The number of aromatic nitrogens is 3. The van der Waals surface area contributed by atoms with Crippen molar-refractivity contribution in [1.29, 1.82) is 0 Å². The van der Waals surface area contributed by atoms with Gasteiger partial charge in [0.15, 0.2) is 0 Å². The first kappa shape index (κ1) is 27.8. The predicted molar refractivity (Wildman–Crippen MR) is 151 cm³/mol. The molecule has 1 N–H and O–H groups in total. The molecule has 0 atom stereocenters. The highest BCUT2D eigenvalue weighted by Crippen LogP contribution is 2.28. The first-order valence-corrected chi connectivity index (χ1v) is 14.3. The van der Waals surface area contributed by atoms with Gasteiger partial charge in [0.25, 0.3) is 0 Å². The van der Waals surface area contributed by atoms with Gasteiger partial charge in [-0.05, 0) is 42.8 Å². The van der Waals surface area contributed by atoms with E-state index >= 15 is 0 Å². The highest BCUT2D eigenvalue weighted by molar-refractivity contribution is 7.89. The van der Waals surface area contributed by atoms with Crippen molar-refractivity contribution in [1.82, 2.24) is 19.1 Å². The standard InChI is InChI=1S/C28H32ClN5O3S/c1-5-6-17-33(38(36,37)23-11-7-9-20-10-8-16-30-27(20)23)19-26(35)31-25-18-24(28(2,3)4)32-34(25)22-14-12-21(29)13-15-22/h7-16,18H,5-6,17,19H2,1-4H3,(H,31,35). The van der Waals surface area contributed by atoms with Crippen LogP contribution in [0.25, 0.3) is 16.6 Å². The summed E-state index contributed by atoms with van der Waals surface area (Å²) in [6.45, 7) is 7.93. The number of unbranched alkanes of at least 4 members (excludes halogenated alkanes) is 1. The summed E-state index contributed by atoms with van der Waals surface area (Å²) in [6, 6.07) is 17.5. The molecule has 2 heterocycles. The Morgan fingerprint density at radius 3 is 2.47 bits per heavy atom. The van der Waals surface area contributed by atoms with Crippen LogP contribution >= 0.6 is 11.6 Å². The molecule has 0 bridgehead atoms. The number of carbonyl (C=O) groups is 1.